The second kappa shape index (κ2) is 9.24. The summed E-state index contributed by atoms with van der Waals surface area (Å²) in [6.45, 7) is 3.76. The zero-order valence-electron chi connectivity index (χ0n) is 15.2. The smallest absolute Gasteiger partial charge is 0.262 e. The van der Waals surface area contributed by atoms with Crippen LogP contribution in [0.25, 0.3) is 0 Å². The maximum Gasteiger partial charge on any atom is 0.262 e. The third kappa shape index (κ3) is 4.98. The number of halogens is 1. The first-order valence-electron chi connectivity index (χ1n) is 8.03. The van der Waals surface area contributed by atoms with E-state index in [9.17, 15) is 4.79 Å². The summed E-state index contributed by atoms with van der Waals surface area (Å²) in [6.07, 6.45) is 1.53. The Kier molecular flexibility index (Phi) is 7.03. The minimum absolute atomic E-state index is 0.240. The first-order valence-corrected chi connectivity index (χ1v) is 8.82. The molecule has 0 aromatic heterocycles. The Labute approximate surface area is 161 Å². The van der Waals surface area contributed by atoms with E-state index in [0.717, 1.165) is 15.7 Å². The topological polar surface area (TPSA) is 72.0 Å². The molecule has 6 nitrogen and oxygen atoms in total. The van der Waals surface area contributed by atoms with E-state index >= 15 is 0 Å². The summed E-state index contributed by atoms with van der Waals surface area (Å²) in [7, 11) is 3.14. The number of hydrogen-bond acceptors (Lipinski definition) is 5. The molecule has 0 bridgehead atoms. The van der Waals surface area contributed by atoms with Gasteiger partial charge in [0.15, 0.2) is 0 Å². The summed E-state index contributed by atoms with van der Waals surface area (Å²) in [4.78, 5) is 12.2. The number of hydrogen-bond donors (Lipinski definition) is 2. The van der Waals surface area contributed by atoms with Crippen LogP contribution in [0, 0.1) is 6.92 Å². The van der Waals surface area contributed by atoms with Crippen LogP contribution in [0.3, 0.4) is 0 Å². The molecule has 0 aliphatic carbocycles. The molecule has 2 N–H and O–H groups in total. The lowest BCUT2D eigenvalue weighted by molar-refractivity contribution is -0.121. The lowest BCUT2D eigenvalue weighted by atomic mass is 10.2. The van der Waals surface area contributed by atoms with Gasteiger partial charge in [-0.2, -0.15) is 5.10 Å². The van der Waals surface area contributed by atoms with E-state index in [-0.39, 0.29) is 5.91 Å². The van der Waals surface area contributed by atoms with Crippen LogP contribution in [-0.4, -0.2) is 32.4 Å². The number of carbonyl (C=O) groups is 1. The average Bonchev–Trinajstić information content (AvgIpc) is 2.63. The normalized spacial score (nSPS) is 11.9. The molecule has 7 heteroatoms. The molecule has 0 spiro atoms. The van der Waals surface area contributed by atoms with Crippen LogP contribution in [0.15, 0.2) is 46.0 Å². The van der Waals surface area contributed by atoms with E-state index in [0.29, 0.717) is 17.1 Å². The van der Waals surface area contributed by atoms with E-state index in [1.807, 2.05) is 37.3 Å². The molecule has 0 unspecified atom stereocenters. The molecule has 1 atom stereocenters. The highest BCUT2D eigenvalue weighted by Crippen LogP contribution is 2.31. The number of hydrazone groups is 1. The van der Waals surface area contributed by atoms with Gasteiger partial charge in [-0.25, -0.2) is 5.43 Å². The van der Waals surface area contributed by atoms with E-state index < -0.39 is 6.04 Å². The number of anilines is 1. The fourth-order valence-corrected chi connectivity index (χ4v) is 2.80. The first-order chi connectivity index (χ1) is 12.5. The molecule has 138 valence electrons. The largest absolute Gasteiger partial charge is 0.496 e. The quantitative estimate of drug-likeness (QED) is 0.529. The lowest BCUT2D eigenvalue weighted by Gasteiger charge is -2.15. The van der Waals surface area contributed by atoms with Crippen molar-refractivity contribution in [2.24, 2.45) is 5.10 Å². The fourth-order valence-electron chi connectivity index (χ4n) is 2.28. The van der Waals surface area contributed by atoms with Crippen molar-refractivity contribution in [3.63, 3.8) is 0 Å². The first kappa shape index (κ1) is 19.8. The molecule has 1 amide bonds. The predicted octanol–water partition coefficient (Wildman–Crippen LogP) is 3.73. The summed E-state index contributed by atoms with van der Waals surface area (Å²) in [5, 5.41) is 7.20. The minimum atomic E-state index is -0.433. The van der Waals surface area contributed by atoms with Crippen molar-refractivity contribution in [1.29, 1.82) is 0 Å². The maximum absolute atomic E-state index is 12.2. The van der Waals surface area contributed by atoms with Gasteiger partial charge < -0.3 is 14.8 Å². The van der Waals surface area contributed by atoms with Gasteiger partial charge in [-0.1, -0.05) is 18.2 Å². The molecule has 0 heterocycles. The van der Waals surface area contributed by atoms with Crippen molar-refractivity contribution < 1.29 is 14.3 Å². The van der Waals surface area contributed by atoms with Gasteiger partial charge in [0.1, 0.15) is 17.5 Å². The van der Waals surface area contributed by atoms with Crippen LogP contribution in [0.1, 0.15) is 18.1 Å². The minimum Gasteiger partial charge on any atom is -0.496 e. The van der Waals surface area contributed by atoms with Gasteiger partial charge >= 0.3 is 0 Å². The van der Waals surface area contributed by atoms with Crippen LogP contribution < -0.4 is 20.2 Å². The van der Waals surface area contributed by atoms with Crippen LogP contribution in [0.4, 0.5) is 5.69 Å². The molecule has 2 aromatic rings. The Balaban J connectivity index is 2.02. The Morgan fingerprint density at radius 1 is 1.19 bits per heavy atom. The molecule has 2 aromatic carbocycles. The molecule has 0 saturated carbocycles. The fraction of sp³-hybridized carbons (Fsp3) is 0.263. The molecule has 0 radical (unpaired) electrons. The van der Waals surface area contributed by atoms with Crippen molar-refractivity contribution in [2.45, 2.75) is 19.9 Å². The number of para-hydroxylation sites is 1. The van der Waals surface area contributed by atoms with Gasteiger partial charge in [0.25, 0.3) is 5.91 Å². The highest BCUT2D eigenvalue weighted by Gasteiger charge is 2.13. The third-order valence-electron chi connectivity index (χ3n) is 3.79. The summed E-state index contributed by atoms with van der Waals surface area (Å²) >= 11 is 3.42. The number of rotatable bonds is 7. The van der Waals surface area contributed by atoms with Crippen LogP contribution in [0.5, 0.6) is 11.5 Å². The molecule has 0 aliphatic rings. The van der Waals surface area contributed by atoms with Crippen molar-refractivity contribution in [2.75, 3.05) is 19.5 Å². The SMILES string of the molecule is COc1cc(OC)c(/C=N\NC(=O)[C@@H](C)Nc2ccccc2C)cc1Br. The zero-order chi connectivity index (χ0) is 19.1. The second-order valence-corrected chi connectivity index (χ2v) is 6.50. The van der Waals surface area contributed by atoms with Gasteiger partial charge in [0.2, 0.25) is 0 Å². The molecule has 0 saturated heterocycles. The van der Waals surface area contributed by atoms with E-state index in [2.05, 4.69) is 31.8 Å². The van der Waals surface area contributed by atoms with E-state index in [4.69, 9.17) is 9.47 Å². The van der Waals surface area contributed by atoms with Crippen molar-refractivity contribution in [3.05, 3.63) is 52.0 Å². The molecular formula is C19H22BrN3O3. The van der Waals surface area contributed by atoms with Crippen LogP contribution >= 0.6 is 15.9 Å². The Morgan fingerprint density at radius 3 is 2.54 bits per heavy atom. The van der Waals surface area contributed by atoms with Gasteiger partial charge in [-0.3, -0.25) is 4.79 Å². The van der Waals surface area contributed by atoms with Gasteiger partial charge in [-0.05, 0) is 47.5 Å². The number of ether oxygens (including phenoxy) is 2. The van der Waals surface area contributed by atoms with Crippen molar-refractivity contribution in [1.82, 2.24) is 5.43 Å². The summed E-state index contributed by atoms with van der Waals surface area (Å²) in [5.41, 5.74) is 5.23. The predicted molar refractivity (Wildman–Crippen MR) is 107 cm³/mol. The number of benzene rings is 2. The zero-order valence-corrected chi connectivity index (χ0v) is 16.8. The Morgan fingerprint density at radius 2 is 1.88 bits per heavy atom. The molecule has 26 heavy (non-hydrogen) atoms. The summed E-state index contributed by atoms with van der Waals surface area (Å²) < 4.78 is 11.3. The van der Waals surface area contributed by atoms with E-state index in [1.54, 1.807) is 27.2 Å². The van der Waals surface area contributed by atoms with Gasteiger partial charge in [-0.15, -0.1) is 0 Å². The number of methoxy groups -OCH3 is 2. The molecule has 2 rings (SSSR count). The van der Waals surface area contributed by atoms with Gasteiger partial charge in [0, 0.05) is 17.3 Å². The summed E-state index contributed by atoms with van der Waals surface area (Å²) in [6, 6.07) is 10.9. The monoisotopic (exact) mass is 419 g/mol. The number of nitrogens with one attached hydrogen (secondary N) is 2. The standard InChI is InChI=1S/C19H22BrN3O3/c1-12-7-5-6-8-16(12)22-13(2)19(24)23-21-11-14-9-15(20)18(26-4)10-17(14)25-3/h5-11,13,22H,1-4H3,(H,23,24)/b21-11-/t13-/m1/s1. The number of carbonyl (C=O) groups excluding carboxylic acids is 1. The number of aryl methyl sites for hydroxylation is 1. The molecule has 0 fully saturated rings. The summed E-state index contributed by atoms with van der Waals surface area (Å²) in [5.74, 6) is 1.00. The third-order valence-corrected chi connectivity index (χ3v) is 4.41. The number of nitrogens with zero attached hydrogens (tertiary/aromatic N) is 1. The average molecular weight is 420 g/mol. The Hall–Kier alpha value is -2.54. The maximum atomic E-state index is 12.2. The lowest BCUT2D eigenvalue weighted by Crippen LogP contribution is -2.35. The van der Waals surface area contributed by atoms with Gasteiger partial charge in [0.05, 0.1) is 24.9 Å². The highest BCUT2D eigenvalue weighted by atomic mass is 79.9. The van der Waals surface area contributed by atoms with E-state index in [1.165, 1.54) is 6.21 Å². The van der Waals surface area contributed by atoms with Crippen LogP contribution in [0.2, 0.25) is 0 Å². The highest BCUT2D eigenvalue weighted by molar-refractivity contribution is 9.10. The van der Waals surface area contributed by atoms with Crippen LogP contribution in [-0.2, 0) is 4.79 Å². The molecular weight excluding hydrogens is 398 g/mol. The van der Waals surface area contributed by atoms with Crippen molar-refractivity contribution >= 4 is 33.7 Å². The number of amides is 1. The molecule has 0 aliphatic heterocycles. The van der Waals surface area contributed by atoms with Crippen molar-refractivity contribution in [3.8, 4) is 11.5 Å². The second-order valence-electron chi connectivity index (χ2n) is 5.64. The Bertz CT molecular complexity index is 809.